The van der Waals surface area contributed by atoms with E-state index in [1.807, 2.05) is 30.3 Å². The molecule has 1 fully saturated rings. The Kier molecular flexibility index (Phi) is 7.03. The lowest BCUT2D eigenvalue weighted by atomic mass is 10.1. The van der Waals surface area contributed by atoms with E-state index in [-0.39, 0.29) is 11.7 Å². The molecule has 0 unspecified atom stereocenters. The van der Waals surface area contributed by atoms with Crippen LogP contribution in [0, 0.1) is 0 Å². The van der Waals surface area contributed by atoms with Gasteiger partial charge in [-0.1, -0.05) is 41.9 Å². The maximum Gasteiger partial charge on any atom is 0.254 e. The molecule has 1 amide bonds. The highest BCUT2D eigenvalue weighted by molar-refractivity contribution is 6.31. The fourth-order valence-electron chi connectivity index (χ4n) is 3.20. The average Bonchev–Trinajstić information content (AvgIpc) is 2.70. The number of halogens is 1. The molecule has 2 N–H and O–H groups in total. The number of hydrogen-bond acceptors (Lipinski definition) is 5. The number of phenols is 1. The summed E-state index contributed by atoms with van der Waals surface area (Å²) < 4.78 is 0. The van der Waals surface area contributed by atoms with Gasteiger partial charge in [-0.05, 0) is 30.7 Å². The zero-order valence-corrected chi connectivity index (χ0v) is 16.7. The highest BCUT2D eigenvalue weighted by atomic mass is 35.5. The molecule has 7 heteroatoms. The Balaban J connectivity index is 1.44. The van der Waals surface area contributed by atoms with Crippen LogP contribution in [0.1, 0.15) is 18.1 Å². The van der Waals surface area contributed by atoms with Crippen LogP contribution in [0.3, 0.4) is 0 Å². The summed E-state index contributed by atoms with van der Waals surface area (Å²) in [6.45, 7) is 6.29. The fraction of sp³-hybridized carbons (Fsp3) is 0.333. The van der Waals surface area contributed by atoms with Crippen LogP contribution in [-0.4, -0.2) is 59.2 Å². The fourth-order valence-corrected chi connectivity index (χ4v) is 3.39. The molecular formula is C21H25ClN4O2. The number of hydrazone groups is 1. The molecule has 2 aromatic rings. The minimum Gasteiger partial charge on any atom is -0.507 e. The van der Waals surface area contributed by atoms with E-state index in [9.17, 15) is 9.90 Å². The zero-order valence-electron chi connectivity index (χ0n) is 15.9. The van der Waals surface area contributed by atoms with Gasteiger partial charge in [0.15, 0.2) is 0 Å². The van der Waals surface area contributed by atoms with Crippen molar-refractivity contribution in [3.8, 4) is 5.75 Å². The van der Waals surface area contributed by atoms with Gasteiger partial charge < -0.3 is 5.11 Å². The molecule has 1 saturated heterocycles. The van der Waals surface area contributed by atoms with Crippen LogP contribution >= 0.6 is 11.6 Å². The summed E-state index contributed by atoms with van der Waals surface area (Å²) in [6.07, 6.45) is 0. The van der Waals surface area contributed by atoms with E-state index in [4.69, 9.17) is 11.6 Å². The summed E-state index contributed by atoms with van der Waals surface area (Å²) in [7, 11) is 0. The molecule has 28 heavy (non-hydrogen) atoms. The third-order valence-corrected chi connectivity index (χ3v) is 5.19. The van der Waals surface area contributed by atoms with Crippen LogP contribution in [0.2, 0.25) is 5.02 Å². The van der Waals surface area contributed by atoms with Crippen LogP contribution in [0.15, 0.2) is 53.6 Å². The molecule has 1 heterocycles. The van der Waals surface area contributed by atoms with Gasteiger partial charge in [0, 0.05) is 43.3 Å². The van der Waals surface area contributed by atoms with Gasteiger partial charge in [-0.15, -0.1) is 0 Å². The number of nitrogens with one attached hydrogen (secondary N) is 1. The molecule has 3 rings (SSSR count). The minimum absolute atomic E-state index is 0.146. The normalized spacial score (nSPS) is 16.1. The van der Waals surface area contributed by atoms with Crippen molar-refractivity contribution in [1.29, 1.82) is 0 Å². The molecule has 6 nitrogen and oxygen atoms in total. The lowest BCUT2D eigenvalue weighted by Crippen LogP contribution is -2.48. The smallest absolute Gasteiger partial charge is 0.254 e. The third-order valence-electron chi connectivity index (χ3n) is 4.83. The number of aromatic hydroxyl groups is 1. The van der Waals surface area contributed by atoms with E-state index in [0.717, 1.165) is 43.3 Å². The standard InChI is InChI=1S/C21H25ClN4O2/c1-16(18-7-3-5-9-20(18)27)23-24-21(28)15-26-12-10-25(11-13-26)14-17-6-2-4-8-19(17)22/h2-9,27H,10-15H2,1H3,(H,24,28)/b23-16-. The van der Waals surface area contributed by atoms with Gasteiger partial charge in [-0.25, -0.2) is 5.43 Å². The summed E-state index contributed by atoms with van der Waals surface area (Å²) >= 11 is 6.24. The number of piperazine rings is 1. The molecule has 148 valence electrons. The molecule has 2 aromatic carbocycles. The van der Waals surface area contributed by atoms with Gasteiger partial charge in [0.25, 0.3) is 5.91 Å². The van der Waals surface area contributed by atoms with Crippen molar-refractivity contribution in [3.05, 3.63) is 64.7 Å². The van der Waals surface area contributed by atoms with Crippen molar-refractivity contribution in [1.82, 2.24) is 15.2 Å². The van der Waals surface area contributed by atoms with Crippen LogP contribution in [0.4, 0.5) is 0 Å². The Morgan fingerprint density at radius 2 is 1.71 bits per heavy atom. The number of carbonyl (C=O) groups excluding carboxylic acids is 1. The lowest BCUT2D eigenvalue weighted by molar-refractivity contribution is -0.122. The Hall–Kier alpha value is -2.41. The van der Waals surface area contributed by atoms with E-state index >= 15 is 0 Å². The van der Waals surface area contributed by atoms with E-state index in [0.29, 0.717) is 17.8 Å². The number of hydrogen-bond donors (Lipinski definition) is 2. The van der Waals surface area contributed by atoms with Gasteiger partial charge in [0.05, 0.1) is 12.3 Å². The lowest BCUT2D eigenvalue weighted by Gasteiger charge is -2.34. The second kappa shape index (κ2) is 9.68. The average molecular weight is 401 g/mol. The monoisotopic (exact) mass is 400 g/mol. The van der Waals surface area contributed by atoms with E-state index < -0.39 is 0 Å². The second-order valence-electron chi connectivity index (χ2n) is 6.89. The first-order valence-electron chi connectivity index (χ1n) is 9.32. The van der Waals surface area contributed by atoms with Crippen LogP contribution in [-0.2, 0) is 11.3 Å². The number of benzene rings is 2. The molecule has 0 aromatic heterocycles. The predicted molar refractivity (Wildman–Crippen MR) is 112 cm³/mol. The van der Waals surface area contributed by atoms with Crippen molar-refractivity contribution in [3.63, 3.8) is 0 Å². The van der Waals surface area contributed by atoms with Crippen LogP contribution in [0.25, 0.3) is 0 Å². The highest BCUT2D eigenvalue weighted by Gasteiger charge is 2.19. The first-order chi connectivity index (χ1) is 13.5. The summed E-state index contributed by atoms with van der Waals surface area (Å²) in [5, 5.41) is 14.7. The Morgan fingerprint density at radius 3 is 2.43 bits per heavy atom. The van der Waals surface area contributed by atoms with Gasteiger partial charge in [0.1, 0.15) is 5.75 Å². The first kappa shape index (κ1) is 20.3. The van der Waals surface area contributed by atoms with Crippen LogP contribution in [0.5, 0.6) is 5.75 Å². The molecule has 0 aliphatic carbocycles. The molecule has 0 bridgehead atoms. The van der Waals surface area contributed by atoms with Gasteiger partial charge in [-0.2, -0.15) is 5.10 Å². The van der Waals surface area contributed by atoms with Crippen molar-refractivity contribution in [2.75, 3.05) is 32.7 Å². The highest BCUT2D eigenvalue weighted by Crippen LogP contribution is 2.18. The number of para-hydroxylation sites is 1. The molecule has 0 radical (unpaired) electrons. The van der Waals surface area contributed by atoms with E-state index in [1.54, 1.807) is 25.1 Å². The summed E-state index contributed by atoms with van der Waals surface area (Å²) in [5.41, 5.74) is 4.88. The molecule has 1 aliphatic heterocycles. The zero-order chi connectivity index (χ0) is 19.9. The topological polar surface area (TPSA) is 68.2 Å². The minimum atomic E-state index is -0.158. The molecule has 1 aliphatic rings. The number of carbonyl (C=O) groups is 1. The molecule has 0 atom stereocenters. The van der Waals surface area contributed by atoms with Crippen molar-refractivity contribution in [2.24, 2.45) is 5.10 Å². The molecule has 0 spiro atoms. The number of phenolic OH excluding ortho intramolecular Hbond substituents is 1. The predicted octanol–water partition coefficient (Wildman–Crippen LogP) is 2.70. The van der Waals surface area contributed by atoms with Crippen molar-refractivity contribution < 1.29 is 9.90 Å². The van der Waals surface area contributed by atoms with Gasteiger partial charge in [0.2, 0.25) is 0 Å². The number of nitrogens with zero attached hydrogens (tertiary/aromatic N) is 3. The van der Waals surface area contributed by atoms with Crippen molar-refractivity contribution >= 4 is 23.2 Å². The first-order valence-corrected chi connectivity index (χ1v) is 9.70. The second-order valence-corrected chi connectivity index (χ2v) is 7.30. The van der Waals surface area contributed by atoms with Gasteiger partial charge >= 0.3 is 0 Å². The quantitative estimate of drug-likeness (QED) is 0.578. The summed E-state index contributed by atoms with van der Waals surface area (Å²) in [6, 6.07) is 14.8. The Morgan fingerprint density at radius 1 is 1.07 bits per heavy atom. The van der Waals surface area contributed by atoms with Crippen molar-refractivity contribution in [2.45, 2.75) is 13.5 Å². The number of amides is 1. The Bertz CT molecular complexity index is 848. The summed E-state index contributed by atoms with van der Waals surface area (Å²) in [4.78, 5) is 16.7. The number of rotatable bonds is 6. The van der Waals surface area contributed by atoms with E-state index in [1.165, 1.54) is 0 Å². The summed E-state index contributed by atoms with van der Waals surface area (Å²) in [5.74, 6) is -0.0121. The Labute approximate surface area is 170 Å². The van der Waals surface area contributed by atoms with E-state index in [2.05, 4.69) is 20.3 Å². The molecule has 0 saturated carbocycles. The third kappa shape index (κ3) is 5.55. The largest absolute Gasteiger partial charge is 0.507 e. The maximum absolute atomic E-state index is 12.2. The van der Waals surface area contributed by atoms with Crippen LogP contribution < -0.4 is 5.43 Å². The van der Waals surface area contributed by atoms with Gasteiger partial charge in [-0.3, -0.25) is 14.6 Å². The maximum atomic E-state index is 12.2. The SMILES string of the molecule is C/C(=N/NC(=O)CN1CCN(Cc2ccccc2Cl)CC1)c1ccccc1O. The molecular weight excluding hydrogens is 376 g/mol.